The Kier molecular flexibility index (Phi) is 3.29. The highest BCUT2D eigenvalue weighted by Crippen LogP contribution is 2.21. The third-order valence-corrected chi connectivity index (χ3v) is 3.58. The number of fused-ring (bicyclic) bond motifs is 1. The number of aromatic amines is 1. The number of nitrogens with zero attached hydrogens (tertiary/aromatic N) is 4. The average Bonchev–Trinajstić information content (AvgIpc) is 3.00. The van der Waals surface area contributed by atoms with Crippen molar-refractivity contribution in [2.24, 2.45) is 0 Å². The van der Waals surface area contributed by atoms with E-state index in [1.165, 1.54) is 0 Å². The molecule has 3 rings (SSSR count). The number of aryl methyl sites for hydroxylation is 3. The number of hydrogen-bond donors (Lipinski definition) is 1. The van der Waals surface area contributed by atoms with Crippen LogP contribution in [-0.2, 0) is 13.0 Å². The van der Waals surface area contributed by atoms with Gasteiger partial charge in [-0.2, -0.15) is 5.10 Å². The van der Waals surface area contributed by atoms with Crippen LogP contribution in [0.3, 0.4) is 0 Å². The third-order valence-electron chi connectivity index (χ3n) is 3.58. The van der Waals surface area contributed by atoms with Crippen molar-refractivity contribution in [1.82, 2.24) is 24.7 Å². The van der Waals surface area contributed by atoms with E-state index < -0.39 is 0 Å². The minimum atomic E-state index is -0.0607. The number of pyridine rings is 1. The highest BCUT2D eigenvalue weighted by atomic mass is 16.1. The molecular weight excluding hydrogens is 266 g/mol. The Morgan fingerprint density at radius 1 is 1.29 bits per heavy atom. The molecule has 0 bridgehead atoms. The SMILES string of the molecule is CCc1nc(C)nc2c1cc(-c1ccn[nH]1)c(=O)n2CC. The standard InChI is InChI=1S/C15H17N5O/c1-4-12-10-8-11(13-6-7-16-19-13)15(21)20(5-2)14(10)18-9(3)17-12/h6-8H,4-5H2,1-3H3,(H,16,19). The Hall–Kier alpha value is -2.50. The van der Waals surface area contributed by atoms with E-state index in [0.717, 1.165) is 17.5 Å². The minimum Gasteiger partial charge on any atom is -0.292 e. The van der Waals surface area contributed by atoms with Crippen LogP contribution in [0.5, 0.6) is 0 Å². The highest BCUT2D eigenvalue weighted by molar-refractivity contribution is 5.82. The predicted octanol–water partition coefficient (Wildman–Crippen LogP) is 2.07. The summed E-state index contributed by atoms with van der Waals surface area (Å²) in [5.41, 5.74) is 2.92. The van der Waals surface area contributed by atoms with Crippen LogP contribution < -0.4 is 5.56 Å². The Balaban J connectivity index is 2.46. The fourth-order valence-corrected chi connectivity index (χ4v) is 2.59. The zero-order chi connectivity index (χ0) is 15.0. The van der Waals surface area contributed by atoms with Gasteiger partial charge in [0.15, 0.2) is 0 Å². The molecule has 0 aromatic carbocycles. The number of hydrogen-bond acceptors (Lipinski definition) is 4. The summed E-state index contributed by atoms with van der Waals surface area (Å²) in [6.45, 7) is 6.42. The van der Waals surface area contributed by atoms with Crippen LogP contribution in [0.2, 0.25) is 0 Å². The van der Waals surface area contributed by atoms with Crippen molar-refractivity contribution in [3.8, 4) is 11.3 Å². The maximum absolute atomic E-state index is 12.7. The van der Waals surface area contributed by atoms with Gasteiger partial charge < -0.3 is 0 Å². The molecule has 1 N–H and O–H groups in total. The first kappa shape index (κ1) is 13.5. The van der Waals surface area contributed by atoms with Crippen LogP contribution in [0.4, 0.5) is 0 Å². The molecule has 0 aliphatic carbocycles. The third kappa shape index (κ3) is 2.12. The minimum absolute atomic E-state index is 0.0607. The fourth-order valence-electron chi connectivity index (χ4n) is 2.59. The fraction of sp³-hybridized carbons (Fsp3) is 0.333. The first-order chi connectivity index (χ1) is 10.2. The normalized spacial score (nSPS) is 11.2. The van der Waals surface area contributed by atoms with E-state index >= 15 is 0 Å². The van der Waals surface area contributed by atoms with Crippen molar-refractivity contribution in [2.75, 3.05) is 0 Å². The molecule has 3 heterocycles. The molecule has 0 fully saturated rings. The summed E-state index contributed by atoms with van der Waals surface area (Å²) in [6, 6.07) is 3.67. The van der Waals surface area contributed by atoms with Gasteiger partial charge in [0.1, 0.15) is 11.5 Å². The molecule has 0 atom stereocenters. The smallest absolute Gasteiger partial charge is 0.261 e. The summed E-state index contributed by atoms with van der Waals surface area (Å²) < 4.78 is 1.69. The maximum Gasteiger partial charge on any atom is 0.261 e. The second kappa shape index (κ2) is 5.12. The molecular formula is C15H17N5O. The van der Waals surface area contributed by atoms with E-state index in [1.807, 2.05) is 19.9 Å². The lowest BCUT2D eigenvalue weighted by Crippen LogP contribution is -2.23. The van der Waals surface area contributed by atoms with Gasteiger partial charge in [-0.05, 0) is 32.4 Å². The van der Waals surface area contributed by atoms with Gasteiger partial charge >= 0.3 is 0 Å². The summed E-state index contributed by atoms with van der Waals surface area (Å²) in [5.74, 6) is 0.690. The van der Waals surface area contributed by atoms with Gasteiger partial charge in [0.25, 0.3) is 5.56 Å². The van der Waals surface area contributed by atoms with Crippen molar-refractivity contribution in [2.45, 2.75) is 33.7 Å². The second-order valence-electron chi connectivity index (χ2n) is 4.89. The Morgan fingerprint density at radius 3 is 2.71 bits per heavy atom. The Labute approximate surface area is 121 Å². The first-order valence-electron chi connectivity index (χ1n) is 7.06. The van der Waals surface area contributed by atoms with Crippen molar-refractivity contribution >= 4 is 11.0 Å². The van der Waals surface area contributed by atoms with Gasteiger partial charge in [0.2, 0.25) is 0 Å². The molecule has 21 heavy (non-hydrogen) atoms. The average molecular weight is 283 g/mol. The molecule has 108 valence electrons. The monoisotopic (exact) mass is 283 g/mol. The number of nitrogens with one attached hydrogen (secondary N) is 1. The lowest BCUT2D eigenvalue weighted by molar-refractivity contribution is 0.745. The summed E-state index contributed by atoms with van der Waals surface area (Å²) in [4.78, 5) is 21.6. The van der Waals surface area contributed by atoms with Gasteiger partial charge in [0.05, 0.1) is 17.0 Å². The first-order valence-corrected chi connectivity index (χ1v) is 7.06. The molecule has 0 spiro atoms. The molecule has 0 saturated heterocycles. The largest absolute Gasteiger partial charge is 0.292 e. The van der Waals surface area contributed by atoms with Gasteiger partial charge in [-0.1, -0.05) is 6.92 Å². The maximum atomic E-state index is 12.7. The Bertz CT molecular complexity index is 849. The van der Waals surface area contributed by atoms with Gasteiger partial charge in [0, 0.05) is 18.1 Å². The van der Waals surface area contributed by atoms with Gasteiger partial charge in [-0.25, -0.2) is 9.97 Å². The van der Waals surface area contributed by atoms with Gasteiger partial charge in [-0.3, -0.25) is 14.5 Å². The molecule has 6 heteroatoms. The Morgan fingerprint density at radius 2 is 2.10 bits per heavy atom. The molecule has 3 aromatic rings. The lowest BCUT2D eigenvalue weighted by Gasteiger charge is -2.12. The predicted molar refractivity (Wildman–Crippen MR) is 81.2 cm³/mol. The van der Waals surface area contributed by atoms with Crippen molar-refractivity contribution in [3.05, 3.63) is 40.2 Å². The quantitative estimate of drug-likeness (QED) is 0.798. The summed E-state index contributed by atoms with van der Waals surface area (Å²) in [7, 11) is 0. The molecule has 0 aliphatic heterocycles. The van der Waals surface area contributed by atoms with E-state index in [2.05, 4.69) is 27.1 Å². The summed E-state index contributed by atoms with van der Waals surface area (Å²) >= 11 is 0. The molecule has 0 aliphatic rings. The van der Waals surface area contributed by atoms with Crippen molar-refractivity contribution in [3.63, 3.8) is 0 Å². The van der Waals surface area contributed by atoms with Crippen LogP contribution in [0, 0.1) is 6.92 Å². The van der Waals surface area contributed by atoms with E-state index in [4.69, 9.17) is 0 Å². The molecule has 0 unspecified atom stereocenters. The molecule has 3 aromatic heterocycles. The number of aromatic nitrogens is 5. The van der Waals surface area contributed by atoms with E-state index in [1.54, 1.807) is 16.8 Å². The molecule has 0 radical (unpaired) electrons. The van der Waals surface area contributed by atoms with Crippen LogP contribution in [0.1, 0.15) is 25.4 Å². The van der Waals surface area contributed by atoms with Crippen molar-refractivity contribution < 1.29 is 0 Å². The van der Waals surface area contributed by atoms with Crippen LogP contribution in [-0.4, -0.2) is 24.7 Å². The van der Waals surface area contributed by atoms with E-state index in [0.29, 0.717) is 29.3 Å². The topological polar surface area (TPSA) is 76.5 Å². The van der Waals surface area contributed by atoms with E-state index in [-0.39, 0.29) is 5.56 Å². The number of rotatable bonds is 3. The van der Waals surface area contributed by atoms with E-state index in [9.17, 15) is 4.79 Å². The zero-order valence-corrected chi connectivity index (χ0v) is 12.3. The highest BCUT2D eigenvalue weighted by Gasteiger charge is 2.15. The van der Waals surface area contributed by atoms with Crippen LogP contribution in [0.25, 0.3) is 22.3 Å². The van der Waals surface area contributed by atoms with Crippen molar-refractivity contribution in [1.29, 1.82) is 0 Å². The second-order valence-corrected chi connectivity index (χ2v) is 4.89. The molecule has 0 amide bonds. The van der Waals surface area contributed by atoms with Crippen LogP contribution >= 0.6 is 0 Å². The molecule has 6 nitrogen and oxygen atoms in total. The zero-order valence-electron chi connectivity index (χ0n) is 12.3. The van der Waals surface area contributed by atoms with Gasteiger partial charge in [-0.15, -0.1) is 0 Å². The number of H-pyrrole nitrogens is 1. The lowest BCUT2D eigenvalue weighted by atomic mass is 10.1. The van der Waals surface area contributed by atoms with Crippen LogP contribution in [0.15, 0.2) is 23.1 Å². The summed E-state index contributed by atoms with van der Waals surface area (Å²) in [5, 5.41) is 7.71. The summed E-state index contributed by atoms with van der Waals surface area (Å²) in [6.07, 6.45) is 2.44. The molecule has 0 saturated carbocycles.